The summed E-state index contributed by atoms with van der Waals surface area (Å²) in [5, 5.41) is 21.2. The van der Waals surface area contributed by atoms with Crippen LogP contribution in [0.25, 0.3) is 32.7 Å². The first-order valence-corrected chi connectivity index (χ1v) is 17.2. The van der Waals surface area contributed by atoms with Crippen molar-refractivity contribution in [2.75, 3.05) is 0 Å². The summed E-state index contributed by atoms with van der Waals surface area (Å²) in [6.07, 6.45) is 6.28. The summed E-state index contributed by atoms with van der Waals surface area (Å²) in [5.41, 5.74) is 11.5. The normalized spacial score (nSPS) is 14.5. The quantitative estimate of drug-likeness (QED) is 0.0800. The van der Waals surface area contributed by atoms with Gasteiger partial charge < -0.3 is 41.7 Å². The van der Waals surface area contributed by atoms with E-state index in [0.717, 1.165) is 49.4 Å². The van der Waals surface area contributed by atoms with Crippen molar-refractivity contribution in [1.82, 2.24) is 30.9 Å². The number of hydrogen-bond acceptors (Lipinski definition) is 5. The van der Waals surface area contributed by atoms with Crippen LogP contribution in [0.3, 0.4) is 0 Å². The van der Waals surface area contributed by atoms with Crippen molar-refractivity contribution in [3.05, 3.63) is 108 Å². The molecule has 3 aromatic carbocycles. The Balaban J connectivity index is 1.21. The van der Waals surface area contributed by atoms with E-state index in [4.69, 9.17) is 5.73 Å². The maximum absolute atomic E-state index is 14.1. The number of carboxylic acids is 1. The predicted molar refractivity (Wildman–Crippen MR) is 197 cm³/mol. The van der Waals surface area contributed by atoms with Gasteiger partial charge in [0.25, 0.3) is 0 Å². The van der Waals surface area contributed by atoms with Crippen LogP contribution in [-0.4, -0.2) is 67.9 Å². The van der Waals surface area contributed by atoms with E-state index >= 15 is 0 Å². The second-order valence-corrected chi connectivity index (χ2v) is 13.1. The number of aromatic amines is 3. The highest BCUT2D eigenvalue weighted by Crippen LogP contribution is 2.22. The average Bonchev–Trinajstić information content (AvgIpc) is 3.86. The number of carbonyl (C=O) groups excluding carboxylic acids is 3. The van der Waals surface area contributed by atoms with Gasteiger partial charge in [0.1, 0.15) is 18.1 Å². The lowest BCUT2D eigenvalue weighted by Crippen LogP contribution is -2.59. The van der Waals surface area contributed by atoms with Crippen LogP contribution in [0.4, 0.5) is 0 Å². The lowest BCUT2D eigenvalue weighted by atomic mass is 9.96. The Hall–Kier alpha value is -5.88. The van der Waals surface area contributed by atoms with Crippen LogP contribution >= 0.6 is 0 Å². The van der Waals surface area contributed by atoms with Gasteiger partial charge in [-0.15, -0.1) is 0 Å². The molecule has 3 aromatic heterocycles. The monoisotopic (exact) mass is 689 g/mol. The van der Waals surface area contributed by atoms with E-state index in [1.54, 1.807) is 12.4 Å². The van der Waals surface area contributed by atoms with Gasteiger partial charge in [0.15, 0.2) is 0 Å². The largest absolute Gasteiger partial charge is 0.480 e. The first kappa shape index (κ1) is 35.0. The summed E-state index contributed by atoms with van der Waals surface area (Å²) >= 11 is 0. The number of aromatic nitrogens is 3. The molecule has 51 heavy (non-hydrogen) atoms. The number of nitrogens with two attached hydrogens (primary N) is 1. The van der Waals surface area contributed by atoms with Crippen LogP contribution in [0.2, 0.25) is 0 Å². The fourth-order valence-electron chi connectivity index (χ4n) is 6.58. The van der Waals surface area contributed by atoms with E-state index in [9.17, 15) is 24.3 Å². The van der Waals surface area contributed by atoms with Gasteiger partial charge in [0, 0.05) is 64.1 Å². The molecule has 0 spiro atoms. The molecular weight excluding hydrogens is 646 g/mol. The minimum Gasteiger partial charge on any atom is -0.480 e. The van der Waals surface area contributed by atoms with Gasteiger partial charge in [-0.1, -0.05) is 74.9 Å². The van der Waals surface area contributed by atoms with E-state index in [1.807, 2.05) is 92.8 Å². The number of benzene rings is 3. The summed E-state index contributed by atoms with van der Waals surface area (Å²) in [7, 11) is 0. The number of aliphatic carboxylic acids is 1. The molecule has 0 bridgehead atoms. The molecule has 12 heteroatoms. The molecule has 6 aromatic rings. The highest BCUT2D eigenvalue weighted by molar-refractivity contribution is 5.95. The molecule has 9 N–H and O–H groups in total. The van der Waals surface area contributed by atoms with Crippen molar-refractivity contribution in [1.29, 1.82) is 0 Å². The smallest absolute Gasteiger partial charge is 0.326 e. The summed E-state index contributed by atoms with van der Waals surface area (Å²) < 4.78 is 0. The molecule has 0 aliphatic rings. The molecule has 0 aliphatic carbocycles. The van der Waals surface area contributed by atoms with Crippen LogP contribution in [0, 0.1) is 5.92 Å². The molecule has 0 fully saturated rings. The van der Waals surface area contributed by atoms with Gasteiger partial charge in [-0.2, -0.15) is 0 Å². The Morgan fingerprint density at radius 3 is 1.53 bits per heavy atom. The van der Waals surface area contributed by atoms with Gasteiger partial charge >= 0.3 is 5.97 Å². The lowest BCUT2D eigenvalue weighted by Gasteiger charge is -2.28. The van der Waals surface area contributed by atoms with Gasteiger partial charge in [0.2, 0.25) is 17.7 Å². The topological polar surface area (TPSA) is 198 Å². The van der Waals surface area contributed by atoms with E-state index in [-0.39, 0.29) is 25.2 Å². The third-order valence-corrected chi connectivity index (χ3v) is 9.69. The highest BCUT2D eigenvalue weighted by atomic mass is 16.4. The van der Waals surface area contributed by atoms with Crippen LogP contribution in [0.1, 0.15) is 37.0 Å². The van der Waals surface area contributed by atoms with Gasteiger partial charge in [-0.3, -0.25) is 14.4 Å². The second kappa shape index (κ2) is 15.3. The fourth-order valence-corrected chi connectivity index (χ4v) is 6.58. The van der Waals surface area contributed by atoms with E-state index < -0.39 is 47.9 Å². The summed E-state index contributed by atoms with van der Waals surface area (Å²) in [4.78, 5) is 63.4. The SMILES string of the molecule is CCC(C)C(NC(=O)C(Cc1c[nH]c2ccccc12)NC(=O)C(N)Cc1c[nH]c2ccccc12)C(=O)NC(Cc1c[nH]c2ccccc12)C(=O)O. The molecule has 0 saturated carbocycles. The van der Waals surface area contributed by atoms with Crippen LogP contribution < -0.4 is 21.7 Å². The molecular formula is C39H43N7O5. The Morgan fingerprint density at radius 2 is 1.06 bits per heavy atom. The minimum atomic E-state index is -1.25. The minimum absolute atomic E-state index is 0.0415. The van der Waals surface area contributed by atoms with Crippen molar-refractivity contribution in [3.63, 3.8) is 0 Å². The summed E-state index contributed by atoms with van der Waals surface area (Å²) in [6, 6.07) is 18.5. The van der Waals surface area contributed by atoms with E-state index in [1.165, 1.54) is 0 Å². The predicted octanol–water partition coefficient (Wildman–Crippen LogP) is 4.07. The van der Waals surface area contributed by atoms with E-state index in [2.05, 4.69) is 30.9 Å². The van der Waals surface area contributed by atoms with E-state index in [0.29, 0.717) is 6.42 Å². The van der Waals surface area contributed by atoms with Gasteiger partial charge in [-0.25, -0.2) is 4.79 Å². The average molecular weight is 690 g/mol. The zero-order chi connectivity index (χ0) is 36.1. The van der Waals surface area contributed by atoms with Crippen molar-refractivity contribution in [2.45, 2.75) is 63.7 Å². The zero-order valence-corrected chi connectivity index (χ0v) is 28.5. The number of fused-ring (bicyclic) bond motifs is 3. The maximum atomic E-state index is 14.1. The van der Waals surface area contributed by atoms with Gasteiger partial charge in [-0.05, 0) is 47.2 Å². The molecule has 5 atom stereocenters. The third kappa shape index (κ3) is 7.81. The second-order valence-electron chi connectivity index (χ2n) is 13.1. The molecule has 12 nitrogen and oxygen atoms in total. The Morgan fingerprint density at radius 1 is 0.627 bits per heavy atom. The number of carboxylic acid groups (broad SMARTS) is 1. The van der Waals surface area contributed by atoms with Crippen molar-refractivity contribution in [2.24, 2.45) is 11.7 Å². The molecule has 6 rings (SSSR count). The van der Waals surface area contributed by atoms with Crippen LogP contribution in [0.15, 0.2) is 91.4 Å². The number of H-pyrrole nitrogens is 3. The molecule has 3 amide bonds. The molecule has 0 saturated heterocycles. The lowest BCUT2D eigenvalue weighted by molar-refractivity contribution is -0.142. The Labute approximate surface area is 294 Å². The highest BCUT2D eigenvalue weighted by Gasteiger charge is 2.33. The first-order chi connectivity index (χ1) is 24.6. The zero-order valence-electron chi connectivity index (χ0n) is 28.5. The van der Waals surface area contributed by atoms with Crippen LogP contribution in [0.5, 0.6) is 0 Å². The Bertz CT molecular complexity index is 2180. The molecule has 0 radical (unpaired) electrons. The summed E-state index contributed by atoms with van der Waals surface area (Å²) in [6.45, 7) is 3.69. The maximum Gasteiger partial charge on any atom is 0.326 e. The summed E-state index contributed by atoms with van der Waals surface area (Å²) in [5.74, 6) is -3.29. The molecule has 264 valence electrons. The third-order valence-electron chi connectivity index (χ3n) is 9.69. The molecule has 5 unspecified atom stereocenters. The number of para-hydroxylation sites is 3. The standard InChI is InChI=1S/C39H43N7O5/c1-3-22(2)35(38(49)45-34(39(50)51)18-25-21-43-32-15-9-6-12-28(25)32)46-37(48)33(17-24-20-42-31-14-8-5-11-27(24)31)44-36(47)29(40)16-23-19-41-30-13-7-4-10-26(23)30/h4-15,19-22,29,33-35,41-43H,3,16-18,40H2,1-2H3,(H,44,47)(H,45,49)(H,46,48)(H,50,51). The number of amides is 3. The molecule has 3 heterocycles. The van der Waals surface area contributed by atoms with Crippen LogP contribution in [-0.2, 0) is 38.4 Å². The molecule has 0 aliphatic heterocycles. The first-order valence-electron chi connectivity index (χ1n) is 17.2. The number of nitrogens with one attached hydrogen (secondary N) is 6. The number of rotatable bonds is 15. The Kier molecular flexibility index (Phi) is 10.5. The number of carbonyl (C=O) groups is 4. The van der Waals surface area contributed by atoms with Crippen molar-refractivity contribution >= 4 is 56.4 Å². The number of hydrogen-bond donors (Lipinski definition) is 8. The van der Waals surface area contributed by atoms with Crippen molar-refractivity contribution < 1.29 is 24.3 Å². The fraction of sp³-hybridized carbons (Fsp3) is 0.282. The van der Waals surface area contributed by atoms with Crippen molar-refractivity contribution in [3.8, 4) is 0 Å². The van der Waals surface area contributed by atoms with Gasteiger partial charge in [0.05, 0.1) is 6.04 Å².